The number of fused-ring (bicyclic) bond motifs is 2. The van der Waals surface area contributed by atoms with Gasteiger partial charge in [0.25, 0.3) is 5.56 Å². The molecule has 4 heterocycles. The van der Waals surface area contributed by atoms with Gasteiger partial charge in [0.2, 0.25) is 5.95 Å². The largest absolute Gasteiger partial charge is 0.324 e. The van der Waals surface area contributed by atoms with E-state index in [-0.39, 0.29) is 23.7 Å². The van der Waals surface area contributed by atoms with E-state index in [0.29, 0.717) is 27.8 Å². The molecular weight excluding hydrogens is 555 g/mol. The number of benzene rings is 2. The average molecular weight is 590 g/mol. The smallest absolute Gasteiger partial charge is 0.256 e. The Morgan fingerprint density at radius 3 is 2.56 bits per heavy atom. The minimum absolute atomic E-state index is 0.0191. The van der Waals surface area contributed by atoms with E-state index in [1.807, 2.05) is 68.1 Å². The first-order chi connectivity index (χ1) is 19.9. The van der Waals surface area contributed by atoms with Crippen LogP contribution in [-0.2, 0) is 22.0 Å². The first kappa shape index (κ1) is 27.9. The number of pyridine rings is 1. The summed E-state index contributed by atoms with van der Waals surface area (Å²) in [7, 11) is -3.67. The van der Waals surface area contributed by atoms with Gasteiger partial charge in [0.05, 0.1) is 5.75 Å². The molecule has 4 aromatic rings. The van der Waals surface area contributed by atoms with Crippen molar-refractivity contribution < 1.29 is 8.42 Å². The molecule has 41 heavy (non-hydrogen) atoms. The number of anilines is 2. The Morgan fingerprint density at radius 2 is 1.85 bits per heavy atom. The van der Waals surface area contributed by atoms with Crippen LogP contribution in [0.5, 0.6) is 0 Å². The molecule has 214 valence electrons. The Morgan fingerprint density at radius 1 is 1.10 bits per heavy atom. The second-order valence-corrected chi connectivity index (χ2v) is 14.3. The summed E-state index contributed by atoms with van der Waals surface area (Å²) in [5, 5.41) is 6.75. The molecule has 2 N–H and O–H groups in total. The third-order valence-corrected chi connectivity index (χ3v) is 11.5. The monoisotopic (exact) mass is 589 g/mol. The third-order valence-electron chi connectivity index (χ3n) is 8.26. The molecule has 0 radical (unpaired) electrons. The highest BCUT2D eigenvalue weighted by Crippen LogP contribution is 2.35. The van der Waals surface area contributed by atoms with Crippen molar-refractivity contribution in [2.24, 2.45) is 0 Å². The molecule has 6 rings (SSSR count). The van der Waals surface area contributed by atoms with E-state index in [9.17, 15) is 13.2 Å². The highest BCUT2D eigenvalue weighted by molar-refractivity contribution is 7.99. The molecule has 0 spiro atoms. The van der Waals surface area contributed by atoms with E-state index >= 15 is 0 Å². The number of hydrogen-bond donors (Lipinski definition) is 2. The average Bonchev–Trinajstić information content (AvgIpc) is 2.98. The number of sulfone groups is 1. The molecule has 2 aliphatic rings. The lowest BCUT2D eigenvalue weighted by Crippen LogP contribution is -2.37. The van der Waals surface area contributed by atoms with Crippen LogP contribution in [0.15, 0.2) is 65.6 Å². The van der Waals surface area contributed by atoms with Crippen LogP contribution >= 0.6 is 11.8 Å². The summed E-state index contributed by atoms with van der Waals surface area (Å²) in [5.41, 5.74) is 4.48. The van der Waals surface area contributed by atoms with Crippen LogP contribution in [-0.4, -0.2) is 41.8 Å². The van der Waals surface area contributed by atoms with Crippen LogP contribution in [0, 0.1) is 0 Å². The lowest BCUT2D eigenvalue weighted by atomic mass is 9.94. The number of nitrogens with zero attached hydrogens (tertiary/aromatic N) is 3. The number of hydrogen-bond acceptors (Lipinski definition) is 8. The van der Waals surface area contributed by atoms with Gasteiger partial charge < -0.3 is 10.6 Å². The second kappa shape index (κ2) is 11.6. The summed E-state index contributed by atoms with van der Waals surface area (Å²) in [6.45, 7) is 6.09. The molecule has 0 aliphatic carbocycles. The highest BCUT2D eigenvalue weighted by atomic mass is 32.2. The van der Waals surface area contributed by atoms with Crippen molar-refractivity contribution in [2.75, 3.05) is 24.2 Å². The van der Waals surface area contributed by atoms with E-state index in [2.05, 4.69) is 27.8 Å². The Bertz CT molecular complexity index is 1730. The summed E-state index contributed by atoms with van der Waals surface area (Å²) in [6.07, 6.45) is 3.48. The number of rotatable bonds is 7. The van der Waals surface area contributed by atoms with Crippen molar-refractivity contribution >= 4 is 44.3 Å². The fourth-order valence-electron chi connectivity index (χ4n) is 5.96. The van der Waals surface area contributed by atoms with E-state index in [4.69, 9.17) is 4.98 Å². The number of nitrogens with one attached hydrogen (secondary N) is 2. The Labute approximate surface area is 244 Å². The predicted molar refractivity (Wildman–Crippen MR) is 167 cm³/mol. The normalized spacial score (nSPS) is 20.2. The molecule has 2 aromatic carbocycles. The fraction of sp³-hybridized carbons (Fsp3) is 0.387. The predicted octanol–water partition coefficient (Wildman–Crippen LogP) is 5.49. The fourth-order valence-corrected chi connectivity index (χ4v) is 8.95. The zero-order valence-electron chi connectivity index (χ0n) is 23.3. The molecule has 2 aromatic heterocycles. The van der Waals surface area contributed by atoms with Crippen molar-refractivity contribution in [1.82, 2.24) is 19.9 Å². The Hall–Kier alpha value is -3.21. The quantitative estimate of drug-likeness (QED) is 0.292. The molecule has 8 nitrogen and oxygen atoms in total. The van der Waals surface area contributed by atoms with Crippen LogP contribution in [0.4, 0.5) is 11.6 Å². The maximum Gasteiger partial charge on any atom is 0.256 e. The topological polar surface area (TPSA) is 106 Å². The Kier molecular flexibility index (Phi) is 7.89. The van der Waals surface area contributed by atoms with Gasteiger partial charge in [0.1, 0.15) is 11.0 Å². The molecule has 1 saturated heterocycles. The SMILES string of the molecule is CCC(CC)c1cc2cnc(Nc3ccc(C4CNCCS4)cc3)nc2n(C2Cc3ccccc3CS2(=O)=O)c1=O. The second-order valence-electron chi connectivity index (χ2n) is 10.8. The molecule has 0 amide bonds. The lowest BCUT2D eigenvalue weighted by Gasteiger charge is -2.28. The zero-order chi connectivity index (χ0) is 28.6. The van der Waals surface area contributed by atoms with Gasteiger partial charge in [-0.3, -0.25) is 9.36 Å². The van der Waals surface area contributed by atoms with Crippen molar-refractivity contribution in [1.29, 1.82) is 0 Å². The maximum absolute atomic E-state index is 14.1. The summed E-state index contributed by atoms with van der Waals surface area (Å²) in [4.78, 5) is 23.4. The van der Waals surface area contributed by atoms with E-state index in [1.165, 1.54) is 10.1 Å². The standard InChI is InChI=1S/C31H35N5O3S2/c1-3-20(4-2)26-15-24-17-33-31(34-25-11-9-21(10-12-25)27-18-32-13-14-40-27)35-29(24)36(30(26)37)28-16-22-7-5-6-8-23(22)19-41(28,38)39/h5-12,15,17,20,27-28,32H,3-4,13-14,16,18-19H2,1-2H3,(H,33,34,35). The first-order valence-corrected chi connectivity index (χ1v) is 17.0. The molecular formula is C31H35N5O3S2. The van der Waals surface area contributed by atoms with Gasteiger partial charge in [-0.1, -0.05) is 50.2 Å². The maximum atomic E-state index is 14.1. The van der Waals surface area contributed by atoms with Crippen molar-refractivity contribution in [3.05, 3.63) is 93.4 Å². The summed E-state index contributed by atoms with van der Waals surface area (Å²) in [5.74, 6) is 1.33. The van der Waals surface area contributed by atoms with Gasteiger partial charge in [-0.15, -0.1) is 0 Å². The van der Waals surface area contributed by atoms with Crippen molar-refractivity contribution in [3.8, 4) is 0 Å². The molecule has 0 saturated carbocycles. The van der Waals surface area contributed by atoms with Crippen LogP contribution in [0.3, 0.4) is 0 Å². The van der Waals surface area contributed by atoms with Gasteiger partial charge in [-0.2, -0.15) is 16.7 Å². The van der Waals surface area contributed by atoms with E-state index < -0.39 is 15.2 Å². The third kappa shape index (κ3) is 5.52. The molecule has 2 unspecified atom stereocenters. The number of thioether (sulfide) groups is 1. The lowest BCUT2D eigenvalue weighted by molar-refractivity contribution is 0.528. The first-order valence-electron chi connectivity index (χ1n) is 14.3. The van der Waals surface area contributed by atoms with Gasteiger partial charge >= 0.3 is 0 Å². The molecule has 1 fully saturated rings. The van der Waals surface area contributed by atoms with Crippen molar-refractivity contribution in [2.45, 2.75) is 55.4 Å². The molecule has 2 aliphatic heterocycles. The molecule has 0 bridgehead atoms. The van der Waals surface area contributed by atoms with Gasteiger partial charge in [0, 0.05) is 53.3 Å². The van der Waals surface area contributed by atoms with Gasteiger partial charge in [0.15, 0.2) is 9.84 Å². The van der Waals surface area contributed by atoms with Crippen LogP contribution in [0.1, 0.15) is 65.5 Å². The van der Waals surface area contributed by atoms with E-state index in [1.54, 1.807) is 6.20 Å². The molecule has 10 heteroatoms. The van der Waals surface area contributed by atoms with Gasteiger partial charge in [-0.25, -0.2) is 13.4 Å². The van der Waals surface area contributed by atoms with Crippen LogP contribution < -0.4 is 16.2 Å². The van der Waals surface area contributed by atoms with Crippen LogP contribution in [0.25, 0.3) is 11.0 Å². The Balaban J connectivity index is 1.42. The van der Waals surface area contributed by atoms with Gasteiger partial charge in [-0.05, 0) is 53.6 Å². The minimum atomic E-state index is -3.67. The minimum Gasteiger partial charge on any atom is -0.324 e. The summed E-state index contributed by atoms with van der Waals surface area (Å²) < 4.78 is 28.8. The summed E-state index contributed by atoms with van der Waals surface area (Å²) in [6, 6.07) is 17.6. The highest BCUT2D eigenvalue weighted by Gasteiger charge is 2.36. The van der Waals surface area contributed by atoms with E-state index in [0.717, 1.165) is 48.5 Å². The number of aromatic nitrogens is 3. The van der Waals surface area contributed by atoms with Crippen LogP contribution in [0.2, 0.25) is 0 Å². The van der Waals surface area contributed by atoms with Crippen molar-refractivity contribution in [3.63, 3.8) is 0 Å². The summed E-state index contributed by atoms with van der Waals surface area (Å²) >= 11 is 1.96. The molecule has 2 atom stereocenters. The zero-order valence-corrected chi connectivity index (χ0v) is 25.0.